The molecule has 2 aromatic carbocycles. The zero-order valence-corrected chi connectivity index (χ0v) is 32.5. The van der Waals surface area contributed by atoms with Gasteiger partial charge in [0.1, 0.15) is 8.07 Å². The van der Waals surface area contributed by atoms with Gasteiger partial charge in [0.25, 0.3) is 0 Å². The van der Waals surface area contributed by atoms with Crippen LogP contribution in [-0.2, 0) is 0 Å². The number of hydrogen-bond acceptors (Lipinski definition) is 0. The average Bonchev–Trinajstić information content (AvgIpc) is 3.70. The molecule has 0 aromatic heterocycles. The molecule has 6 aliphatic carbocycles. The molecule has 47 heavy (non-hydrogen) atoms. The lowest BCUT2D eigenvalue weighted by atomic mass is 9.46. The number of fused-ring (bicyclic) bond motifs is 5. The van der Waals surface area contributed by atoms with Gasteiger partial charge >= 0.3 is 0 Å². The van der Waals surface area contributed by atoms with Gasteiger partial charge in [0, 0.05) is 0 Å². The van der Waals surface area contributed by atoms with Crippen LogP contribution in [0.1, 0.15) is 132 Å². The third kappa shape index (κ3) is 4.99. The molecule has 0 radical (unpaired) electrons. The standard InChI is InChI=1S/C46H68Si/c1-43(2)23-25-45(5,6)40-29-36-34(27-38(40)43)35-28-39-41(46(7,8)26-24-44(39,3)4)30-37(35)42(36)47(33-21-15-16-22-33,31-17-11-9-12-18-31)32-19-13-10-14-20-32/h9-14,17-20,33-42H,15-16,21-30H2,1-8H3. The van der Waals surface area contributed by atoms with Crippen molar-refractivity contribution >= 4 is 18.4 Å². The molecule has 6 saturated carbocycles. The summed E-state index contributed by atoms with van der Waals surface area (Å²) in [6.45, 7) is 21.5. The molecule has 0 amide bonds. The van der Waals surface area contributed by atoms with Crippen LogP contribution in [0.3, 0.4) is 0 Å². The highest BCUT2D eigenvalue weighted by Crippen LogP contribution is 2.73. The van der Waals surface area contributed by atoms with Gasteiger partial charge in [0.05, 0.1) is 0 Å². The summed E-state index contributed by atoms with van der Waals surface area (Å²) in [5.74, 6) is 7.23. The van der Waals surface area contributed by atoms with Gasteiger partial charge in [-0.15, -0.1) is 0 Å². The van der Waals surface area contributed by atoms with Gasteiger partial charge in [-0.1, -0.05) is 152 Å². The first kappa shape index (κ1) is 32.8. The molecule has 256 valence electrons. The predicted molar refractivity (Wildman–Crippen MR) is 204 cm³/mol. The Kier molecular flexibility index (Phi) is 7.92. The first-order chi connectivity index (χ1) is 22.3. The van der Waals surface area contributed by atoms with Gasteiger partial charge in [-0.05, 0) is 131 Å². The molecule has 0 nitrogen and oxygen atoms in total. The topological polar surface area (TPSA) is 0 Å². The second kappa shape index (κ2) is 11.3. The monoisotopic (exact) mass is 649 g/mol. The molecule has 8 unspecified atom stereocenters. The fourth-order valence-electron chi connectivity index (χ4n) is 14.9. The van der Waals surface area contributed by atoms with Crippen molar-refractivity contribution in [3.8, 4) is 0 Å². The Morgan fingerprint density at radius 2 is 0.766 bits per heavy atom. The molecule has 0 aliphatic heterocycles. The Balaban J connectivity index is 1.35. The maximum absolute atomic E-state index is 2.69. The van der Waals surface area contributed by atoms with Crippen molar-refractivity contribution in [3.05, 3.63) is 60.7 Å². The minimum Gasteiger partial charge on any atom is -0.0626 e. The van der Waals surface area contributed by atoms with Crippen molar-refractivity contribution in [3.63, 3.8) is 0 Å². The SMILES string of the molecule is CC1(C)CCC(C)(C)C2CC3C(CC21)C1CC2C(CC1C3[Si](c1ccccc1)(c1ccccc1)C1CCCC1)C(C)(C)CCC2(C)C. The van der Waals surface area contributed by atoms with Crippen molar-refractivity contribution in [1.29, 1.82) is 0 Å². The number of hydrogen-bond donors (Lipinski definition) is 0. The summed E-state index contributed by atoms with van der Waals surface area (Å²) in [6, 6.07) is 24.9. The van der Waals surface area contributed by atoms with E-state index in [1.165, 1.54) is 77.0 Å². The van der Waals surface area contributed by atoms with Crippen LogP contribution in [-0.4, -0.2) is 8.07 Å². The Bertz CT molecular complexity index is 1310. The summed E-state index contributed by atoms with van der Waals surface area (Å²) in [6.07, 6.45) is 17.6. The van der Waals surface area contributed by atoms with Crippen LogP contribution in [0.5, 0.6) is 0 Å². The van der Waals surface area contributed by atoms with E-state index in [9.17, 15) is 0 Å². The second-order valence-corrected chi connectivity index (χ2v) is 25.5. The molecule has 6 aliphatic rings. The number of benzene rings is 2. The third-order valence-corrected chi connectivity index (χ3v) is 23.9. The van der Waals surface area contributed by atoms with E-state index in [1.807, 2.05) is 0 Å². The zero-order valence-electron chi connectivity index (χ0n) is 31.5. The van der Waals surface area contributed by atoms with E-state index in [0.29, 0.717) is 21.7 Å². The van der Waals surface area contributed by atoms with Gasteiger partial charge in [0.15, 0.2) is 0 Å². The first-order valence-corrected chi connectivity index (χ1v) is 22.5. The molecule has 0 heterocycles. The summed E-state index contributed by atoms with van der Waals surface area (Å²) < 4.78 is 0. The Hall–Kier alpha value is -1.34. The van der Waals surface area contributed by atoms with Crippen molar-refractivity contribution in [2.45, 2.75) is 144 Å². The molecule has 8 atom stereocenters. The first-order valence-electron chi connectivity index (χ1n) is 20.4. The minimum atomic E-state index is -2.18. The summed E-state index contributed by atoms with van der Waals surface area (Å²) in [5.41, 5.74) is 3.69. The van der Waals surface area contributed by atoms with Gasteiger partial charge in [-0.2, -0.15) is 0 Å². The highest BCUT2D eigenvalue weighted by atomic mass is 28.3. The molecule has 6 fully saturated rings. The lowest BCUT2D eigenvalue weighted by Gasteiger charge is -2.59. The highest BCUT2D eigenvalue weighted by Gasteiger charge is 2.68. The van der Waals surface area contributed by atoms with Crippen molar-refractivity contribution in [2.24, 2.45) is 69.0 Å². The summed E-state index contributed by atoms with van der Waals surface area (Å²) in [4.78, 5) is 0. The normalized spacial score (nSPS) is 40.1. The highest BCUT2D eigenvalue weighted by molar-refractivity contribution is 7.04. The van der Waals surface area contributed by atoms with E-state index in [0.717, 1.165) is 58.4 Å². The van der Waals surface area contributed by atoms with E-state index in [4.69, 9.17) is 0 Å². The van der Waals surface area contributed by atoms with E-state index in [2.05, 4.69) is 116 Å². The average molecular weight is 649 g/mol. The van der Waals surface area contributed by atoms with Crippen LogP contribution in [0.2, 0.25) is 11.1 Å². The van der Waals surface area contributed by atoms with Crippen LogP contribution < -0.4 is 10.4 Å². The van der Waals surface area contributed by atoms with Crippen molar-refractivity contribution in [2.75, 3.05) is 0 Å². The maximum Gasteiger partial charge on any atom is 0.124 e. The predicted octanol–water partition coefficient (Wildman–Crippen LogP) is 11.8. The fraction of sp³-hybridized carbons (Fsp3) is 0.739. The summed E-state index contributed by atoms with van der Waals surface area (Å²) in [7, 11) is -2.18. The van der Waals surface area contributed by atoms with Crippen LogP contribution in [0.25, 0.3) is 0 Å². The molecular formula is C46H68Si. The smallest absolute Gasteiger partial charge is 0.0626 e. The molecule has 1 heteroatoms. The summed E-state index contributed by atoms with van der Waals surface area (Å²) >= 11 is 0. The zero-order chi connectivity index (χ0) is 33.0. The van der Waals surface area contributed by atoms with E-state index in [-0.39, 0.29) is 0 Å². The molecular weight excluding hydrogens is 581 g/mol. The molecule has 0 spiro atoms. The lowest BCUT2D eigenvalue weighted by Crippen LogP contribution is -2.67. The Morgan fingerprint density at radius 1 is 0.447 bits per heavy atom. The summed E-state index contributed by atoms with van der Waals surface area (Å²) in [5, 5.41) is 3.61. The van der Waals surface area contributed by atoms with Gasteiger partial charge in [-0.25, -0.2) is 0 Å². The molecule has 0 saturated heterocycles. The molecule has 0 bridgehead atoms. The Morgan fingerprint density at radius 3 is 1.11 bits per heavy atom. The number of rotatable bonds is 4. The van der Waals surface area contributed by atoms with Gasteiger partial charge in [0.2, 0.25) is 0 Å². The molecule has 2 aromatic rings. The van der Waals surface area contributed by atoms with Gasteiger partial charge < -0.3 is 0 Å². The Labute approximate surface area is 290 Å². The van der Waals surface area contributed by atoms with E-state index in [1.54, 1.807) is 10.4 Å². The van der Waals surface area contributed by atoms with Crippen molar-refractivity contribution < 1.29 is 0 Å². The van der Waals surface area contributed by atoms with Crippen molar-refractivity contribution in [1.82, 2.24) is 0 Å². The third-order valence-electron chi connectivity index (χ3n) is 17.5. The minimum absolute atomic E-state index is 0.471. The van der Waals surface area contributed by atoms with E-state index < -0.39 is 8.07 Å². The van der Waals surface area contributed by atoms with Crippen LogP contribution in [0.15, 0.2) is 60.7 Å². The van der Waals surface area contributed by atoms with Crippen LogP contribution in [0.4, 0.5) is 0 Å². The quantitative estimate of drug-likeness (QED) is 0.289. The molecule has 8 rings (SSSR count). The lowest BCUT2D eigenvalue weighted by molar-refractivity contribution is -0.0969. The maximum atomic E-state index is 2.69. The van der Waals surface area contributed by atoms with E-state index >= 15 is 0 Å². The van der Waals surface area contributed by atoms with Crippen LogP contribution >= 0.6 is 0 Å². The van der Waals surface area contributed by atoms with Crippen LogP contribution in [0, 0.1) is 69.0 Å². The second-order valence-electron chi connectivity index (χ2n) is 21.1. The fourth-order valence-corrected chi connectivity index (χ4v) is 22.4. The largest absolute Gasteiger partial charge is 0.124 e. The van der Waals surface area contributed by atoms with Gasteiger partial charge in [-0.3, -0.25) is 0 Å². The molecule has 0 N–H and O–H groups in total.